The summed E-state index contributed by atoms with van der Waals surface area (Å²) in [5, 5.41) is 17.7. The van der Waals surface area contributed by atoms with E-state index in [1.807, 2.05) is 38.1 Å². The molecule has 0 unspecified atom stereocenters. The Morgan fingerprint density at radius 3 is 2.60 bits per heavy atom. The van der Waals surface area contributed by atoms with E-state index >= 15 is 0 Å². The van der Waals surface area contributed by atoms with E-state index in [-0.39, 0.29) is 5.75 Å². The third-order valence-electron chi connectivity index (χ3n) is 3.38. The van der Waals surface area contributed by atoms with Crippen LogP contribution < -0.4 is 5.73 Å². The Kier molecular flexibility index (Phi) is 2.72. The third-order valence-corrected chi connectivity index (χ3v) is 3.38. The number of rotatable bonds is 2. The molecule has 2 aromatic heterocycles. The topological polar surface area (TPSA) is 87.8 Å². The molecule has 0 saturated carbocycles. The molecular weight excluding hydrogens is 252 g/mol. The number of aromatic nitrogens is 3. The van der Waals surface area contributed by atoms with Crippen LogP contribution in [0.15, 0.2) is 36.7 Å². The molecule has 5 nitrogen and oxygen atoms in total. The number of aromatic amines is 1. The summed E-state index contributed by atoms with van der Waals surface area (Å²) in [5.74, 6) is 0.184. The fourth-order valence-electron chi connectivity index (χ4n) is 2.14. The monoisotopic (exact) mass is 268 g/mol. The molecule has 5 heteroatoms. The number of nitrogens with two attached hydrogens (primary N) is 1. The number of pyridine rings is 1. The molecule has 0 amide bonds. The summed E-state index contributed by atoms with van der Waals surface area (Å²) in [6.45, 7) is 3.86. The predicted molar refractivity (Wildman–Crippen MR) is 78.2 cm³/mol. The van der Waals surface area contributed by atoms with Crippen molar-refractivity contribution in [3.05, 3.63) is 42.2 Å². The molecule has 3 rings (SSSR count). The summed E-state index contributed by atoms with van der Waals surface area (Å²) < 4.78 is 0. The van der Waals surface area contributed by atoms with Gasteiger partial charge in [-0.25, -0.2) is 0 Å². The predicted octanol–water partition coefficient (Wildman–Crippen LogP) is 2.52. The summed E-state index contributed by atoms with van der Waals surface area (Å²) in [6.07, 6.45) is 3.35. The van der Waals surface area contributed by atoms with Gasteiger partial charge in [-0.2, -0.15) is 5.10 Å². The van der Waals surface area contributed by atoms with Gasteiger partial charge in [0.25, 0.3) is 0 Å². The molecule has 0 aliphatic carbocycles. The van der Waals surface area contributed by atoms with E-state index in [4.69, 9.17) is 5.73 Å². The van der Waals surface area contributed by atoms with Crippen molar-refractivity contribution in [2.24, 2.45) is 5.73 Å². The van der Waals surface area contributed by atoms with Crippen LogP contribution in [-0.2, 0) is 5.54 Å². The molecule has 0 fully saturated rings. The number of benzene rings is 1. The summed E-state index contributed by atoms with van der Waals surface area (Å²) in [7, 11) is 0. The van der Waals surface area contributed by atoms with Crippen molar-refractivity contribution in [2.45, 2.75) is 19.4 Å². The van der Waals surface area contributed by atoms with E-state index in [2.05, 4.69) is 15.2 Å². The van der Waals surface area contributed by atoms with Gasteiger partial charge in [-0.05, 0) is 37.6 Å². The molecular formula is C15H16N4O. The largest absolute Gasteiger partial charge is 0.506 e. The molecule has 2 heterocycles. The van der Waals surface area contributed by atoms with Gasteiger partial charge in [-0.15, -0.1) is 0 Å². The maximum atomic E-state index is 10.3. The number of aromatic hydroxyl groups is 1. The fraction of sp³-hybridized carbons (Fsp3) is 0.200. The Balaban J connectivity index is 2.09. The first kappa shape index (κ1) is 12.6. The molecule has 20 heavy (non-hydrogen) atoms. The molecule has 3 aromatic rings. The normalized spacial score (nSPS) is 11.9. The van der Waals surface area contributed by atoms with E-state index in [1.165, 1.54) is 0 Å². The second kappa shape index (κ2) is 4.31. The molecule has 0 aliphatic rings. The first-order valence-corrected chi connectivity index (χ1v) is 6.37. The van der Waals surface area contributed by atoms with Crippen LogP contribution in [0.2, 0.25) is 0 Å². The summed E-state index contributed by atoms with van der Waals surface area (Å²) in [6, 6.07) is 7.50. The number of nitrogens with one attached hydrogen (secondary N) is 1. The van der Waals surface area contributed by atoms with E-state index < -0.39 is 5.54 Å². The Labute approximate surface area is 116 Å². The van der Waals surface area contributed by atoms with Crippen LogP contribution in [-0.4, -0.2) is 20.3 Å². The van der Waals surface area contributed by atoms with Crippen LogP contribution in [0, 0.1) is 0 Å². The van der Waals surface area contributed by atoms with Crippen molar-refractivity contribution in [2.75, 3.05) is 0 Å². The van der Waals surface area contributed by atoms with Gasteiger partial charge in [-0.3, -0.25) is 10.1 Å². The SMILES string of the molecule is CC(C)(N)c1ccc(-c2ccc3[nH]ncc3c2O)nc1. The highest BCUT2D eigenvalue weighted by molar-refractivity contribution is 5.91. The van der Waals surface area contributed by atoms with Crippen LogP contribution in [0.5, 0.6) is 5.75 Å². The third kappa shape index (κ3) is 2.02. The van der Waals surface area contributed by atoms with Gasteiger partial charge in [0.05, 0.1) is 22.8 Å². The van der Waals surface area contributed by atoms with Crippen LogP contribution in [0.25, 0.3) is 22.2 Å². The van der Waals surface area contributed by atoms with Gasteiger partial charge in [0.15, 0.2) is 0 Å². The van der Waals surface area contributed by atoms with Crippen molar-refractivity contribution in [1.29, 1.82) is 0 Å². The number of hydrogen-bond acceptors (Lipinski definition) is 4. The quantitative estimate of drug-likeness (QED) is 0.666. The van der Waals surface area contributed by atoms with Crippen molar-refractivity contribution in [3.8, 4) is 17.0 Å². The summed E-state index contributed by atoms with van der Waals surface area (Å²) >= 11 is 0. The fourth-order valence-corrected chi connectivity index (χ4v) is 2.14. The lowest BCUT2D eigenvalue weighted by Crippen LogP contribution is -2.28. The van der Waals surface area contributed by atoms with Crippen molar-refractivity contribution < 1.29 is 5.11 Å². The van der Waals surface area contributed by atoms with E-state index in [0.29, 0.717) is 16.6 Å². The Hall–Kier alpha value is -2.40. The van der Waals surface area contributed by atoms with E-state index in [1.54, 1.807) is 12.4 Å². The second-order valence-corrected chi connectivity index (χ2v) is 5.45. The second-order valence-electron chi connectivity index (χ2n) is 5.45. The first-order chi connectivity index (χ1) is 9.47. The Bertz CT molecular complexity index is 754. The molecule has 102 valence electrons. The molecule has 0 atom stereocenters. The lowest BCUT2D eigenvalue weighted by atomic mass is 9.96. The van der Waals surface area contributed by atoms with Crippen molar-refractivity contribution in [1.82, 2.24) is 15.2 Å². The number of hydrogen-bond donors (Lipinski definition) is 3. The number of phenols is 1. The standard InChI is InChI=1S/C15H16N4O/c1-15(2,16)9-3-5-12(17-7-9)10-4-6-13-11(14(10)20)8-18-19-13/h3-8,20H,16H2,1-2H3,(H,18,19). The highest BCUT2D eigenvalue weighted by Crippen LogP contribution is 2.34. The molecule has 0 spiro atoms. The summed E-state index contributed by atoms with van der Waals surface area (Å²) in [4.78, 5) is 4.40. The van der Waals surface area contributed by atoms with Crippen LogP contribution in [0.4, 0.5) is 0 Å². The molecule has 4 N–H and O–H groups in total. The summed E-state index contributed by atoms with van der Waals surface area (Å²) in [5.41, 5.74) is 8.74. The van der Waals surface area contributed by atoms with Crippen LogP contribution in [0.3, 0.4) is 0 Å². The van der Waals surface area contributed by atoms with Crippen molar-refractivity contribution in [3.63, 3.8) is 0 Å². The van der Waals surface area contributed by atoms with Gasteiger partial charge in [-0.1, -0.05) is 6.07 Å². The average molecular weight is 268 g/mol. The number of nitrogens with zero attached hydrogens (tertiary/aromatic N) is 2. The van der Waals surface area contributed by atoms with Gasteiger partial charge < -0.3 is 10.8 Å². The lowest BCUT2D eigenvalue weighted by Gasteiger charge is -2.18. The van der Waals surface area contributed by atoms with Gasteiger partial charge in [0, 0.05) is 17.3 Å². The first-order valence-electron chi connectivity index (χ1n) is 6.37. The molecule has 0 aliphatic heterocycles. The maximum Gasteiger partial charge on any atom is 0.135 e. The highest BCUT2D eigenvalue weighted by Gasteiger charge is 2.16. The van der Waals surface area contributed by atoms with Gasteiger partial charge in [0.1, 0.15) is 5.75 Å². The zero-order valence-electron chi connectivity index (χ0n) is 11.4. The maximum absolute atomic E-state index is 10.3. The minimum atomic E-state index is -0.428. The number of H-pyrrole nitrogens is 1. The molecule has 0 bridgehead atoms. The molecule has 1 aromatic carbocycles. The van der Waals surface area contributed by atoms with Crippen LogP contribution in [0.1, 0.15) is 19.4 Å². The van der Waals surface area contributed by atoms with E-state index in [9.17, 15) is 5.11 Å². The number of fused-ring (bicyclic) bond motifs is 1. The zero-order valence-corrected chi connectivity index (χ0v) is 11.4. The average Bonchev–Trinajstić information content (AvgIpc) is 2.88. The molecule has 0 radical (unpaired) electrons. The van der Waals surface area contributed by atoms with Crippen LogP contribution >= 0.6 is 0 Å². The lowest BCUT2D eigenvalue weighted by molar-refractivity contribution is 0.483. The highest BCUT2D eigenvalue weighted by atomic mass is 16.3. The Morgan fingerprint density at radius 1 is 1.15 bits per heavy atom. The van der Waals surface area contributed by atoms with Crippen molar-refractivity contribution >= 4 is 10.9 Å². The van der Waals surface area contributed by atoms with E-state index in [0.717, 1.165) is 11.1 Å². The minimum Gasteiger partial charge on any atom is -0.506 e. The smallest absolute Gasteiger partial charge is 0.135 e. The molecule has 0 saturated heterocycles. The minimum absolute atomic E-state index is 0.184. The number of phenolic OH excluding ortho intramolecular Hbond substituents is 1. The van der Waals surface area contributed by atoms with Gasteiger partial charge >= 0.3 is 0 Å². The zero-order chi connectivity index (χ0) is 14.3. The Morgan fingerprint density at radius 2 is 1.95 bits per heavy atom. The van der Waals surface area contributed by atoms with Gasteiger partial charge in [0.2, 0.25) is 0 Å².